The molecular formula is C8H16N2O. The maximum atomic E-state index is 10.1. The zero-order valence-corrected chi connectivity index (χ0v) is 7.02. The molecule has 0 radical (unpaired) electrons. The zero-order valence-electron chi connectivity index (χ0n) is 7.02. The summed E-state index contributed by atoms with van der Waals surface area (Å²) < 4.78 is 0. The Morgan fingerprint density at radius 3 is 2.73 bits per heavy atom. The van der Waals surface area contributed by atoms with Crippen molar-refractivity contribution >= 4 is 6.29 Å². The molecule has 2 N–H and O–H groups in total. The third-order valence-corrected chi connectivity index (χ3v) is 2.32. The molecule has 3 heteroatoms. The fraction of sp³-hybridized carbons (Fsp3) is 0.875. The van der Waals surface area contributed by atoms with Crippen molar-refractivity contribution in [3.05, 3.63) is 0 Å². The van der Waals surface area contributed by atoms with E-state index in [4.69, 9.17) is 0 Å². The molecule has 0 aromatic rings. The molecule has 1 aliphatic rings. The third-order valence-electron chi connectivity index (χ3n) is 2.32. The first-order chi connectivity index (χ1) is 5.27. The SMILES string of the molecule is CC1(NCC=O)CCNCC1. The van der Waals surface area contributed by atoms with Crippen LogP contribution in [0.4, 0.5) is 0 Å². The van der Waals surface area contributed by atoms with Crippen LogP contribution in [0.1, 0.15) is 19.8 Å². The van der Waals surface area contributed by atoms with Gasteiger partial charge in [-0.05, 0) is 32.9 Å². The fourth-order valence-electron chi connectivity index (χ4n) is 1.44. The lowest BCUT2D eigenvalue weighted by Gasteiger charge is -2.34. The summed E-state index contributed by atoms with van der Waals surface area (Å²) in [5, 5.41) is 6.53. The Morgan fingerprint density at radius 1 is 1.55 bits per heavy atom. The van der Waals surface area contributed by atoms with E-state index < -0.39 is 0 Å². The molecule has 1 aliphatic heterocycles. The summed E-state index contributed by atoms with van der Waals surface area (Å²) in [6.45, 7) is 4.78. The number of hydrogen-bond acceptors (Lipinski definition) is 3. The Balaban J connectivity index is 2.30. The highest BCUT2D eigenvalue weighted by atomic mass is 16.1. The van der Waals surface area contributed by atoms with Gasteiger partial charge in [-0.1, -0.05) is 0 Å². The van der Waals surface area contributed by atoms with E-state index in [9.17, 15) is 4.79 Å². The molecule has 1 saturated heterocycles. The first kappa shape index (κ1) is 8.68. The van der Waals surface area contributed by atoms with E-state index in [1.807, 2.05) is 0 Å². The zero-order chi connectivity index (χ0) is 8.16. The third kappa shape index (κ3) is 2.60. The van der Waals surface area contributed by atoms with Crippen LogP contribution in [-0.2, 0) is 4.79 Å². The first-order valence-corrected chi connectivity index (χ1v) is 4.16. The molecule has 0 bridgehead atoms. The minimum Gasteiger partial charge on any atom is -0.317 e. The van der Waals surface area contributed by atoms with Crippen LogP contribution in [0, 0.1) is 0 Å². The van der Waals surface area contributed by atoms with E-state index >= 15 is 0 Å². The van der Waals surface area contributed by atoms with Crippen molar-refractivity contribution < 1.29 is 4.79 Å². The summed E-state index contributed by atoms with van der Waals surface area (Å²) in [5.74, 6) is 0. The van der Waals surface area contributed by atoms with Crippen LogP contribution in [0.3, 0.4) is 0 Å². The second-order valence-corrected chi connectivity index (χ2v) is 3.36. The first-order valence-electron chi connectivity index (χ1n) is 4.16. The Hall–Kier alpha value is -0.410. The monoisotopic (exact) mass is 156 g/mol. The van der Waals surface area contributed by atoms with Gasteiger partial charge in [-0.2, -0.15) is 0 Å². The number of hydrogen-bond donors (Lipinski definition) is 2. The van der Waals surface area contributed by atoms with Gasteiger partial charge in [-0.15, -0.1) is 0 Å². The topological polar surface area (TPSA) is 41.1 Å². The maximum Gasteiger partial charge on any atom is 0.133 e. The molecule has 64 valence electrons. The number of piperidine rings is 1. The standard InChI is InChI=1S/C8H16N2O/c1-8(10-6-7-11)2-4-9-5-3-8/h7,9-10H,2-6H2,1H3. The molecule has 3 nitrogen and oxygen atoms in total. The molecule has 1 heterocycles. The molecule has 1 fully saturated rings. The number of rotatable bonds is 3. The second-order valence-electron chi connectivity index (χ2n) is 3.36. The lowest BCUT2D eigenvalue weighted by atomic mass is 9.91. The Morgan fingerprint density at radius 2 is 2.18 bits per heavy atom. The lowest BCUT2D eigenvalue weighted by Crippen LogP contribution is -2.50. The van der Waals surface area contributed by atoms with Crippen LogP contribution in [0.5, 0.6) is 0 Å². The predicted molar refractivity (Wildman–Crippen MR) is 44.6 cm³/mol. The molecule has 0 atom stereocenters. The van der Waals surface area contributed by atoms with Crippen LogP contribution >= 0.6 is 0 Å². The minimum atomic E-state index is 0.187. The minimum absolute atomic E-state index is 0.187. The van der Waals surface area contributed by atoms with E-state index in [1.165, 1.54) is 0 Å². The summed E-state index contributed by atoms with van der Waals surface area (Å²) in [7, 11) is 0. The summed E-state index contributed by atoms with van der Waals surface area (Å²) in [6, 6.07) is 0. The van der Waals surface area contributed by atoms with Gasteiger partial charge in [-0.25, -0.2) is 0 Å². The quantitative estimate of drug-likeness (QED) is 0.561. The second kappa shape index (κ2) is 3.83. The highest BCUT2D eigenvalue weighted by molar-refractivity contribution is 5.52. The van der Waals surface area contributed by atoms with E-state index in [0.717, 1.165) is 32.2 Å². The van der Waals surface area contributed by atoms with Gasteiger partial charge in [0.05, 0.1) is 6.54 Å². The van der Waals surface area contributed by atoms with Gasteiger partial charge in [0.2, 0.25) is 0 Å². The molecular weight excluding hydrogens is 140 g/mol. The average Bonchev–Trinajstić information content (AvgIpc) is 2.03. The summed E-state index contributed by atoms with van der Waals surface area (Å²) in [4.78, 5) is 10.1. The maximum absolute atomic E-state index is 10.1. The van der Waals surface area contributed by atoms with Crippen LogP contribution in [0.15, 0.2) is 0 Å². The molecule has 11 heavy (non-hydrogen) atoms. The molecule has 0 aliphatic carbocycles. The van der Waals surface area contributed by atoms with Gasteiger partial charge in [-0.3, -0.25) is 0 Å². The molecule has 0 aromatic heterocycles. The van der Waals surface area contributed by atoms with Gasteiger partial charge < -0.3 is 15.4 Å². The highest BCUT2D eigenvalue weighted by Crippen LogP contribution is 2.15. The van der Waals surface area contributed by atoms with Gasteiger partial charge in [0, 0.05) is 5.54 Å². The van der Waals surface area contributed by atoms with Gasteiger partial charge in [0.1, 0.15) is 6.29 Å². The Kier molecular flexibility index (Phi) is 3.02. The predicted octanol–water partition coefficient (Wildman–Crippen LogP) is -0.0830. The lowest BCUT2D eigenvalue weighted by molar-refractivity contribution is -0.107. The summed E-state index contributed by atoms with van der Waals surface area (Å²) in [6.07, 6.45) is 3.15. The van der Waals surface area contributed by atoms with Crippen LogP contribution in [-0.4, -0.2) is 31.5 Å². The molecule has 0 aromatic carbocycles. The van der Waals surface area contributed by atoms with Crippen LogP contribution in [0.2, 0.25) is 0 Å². The van der Waals surface area contributed by atoms with Gasteiger partial charge in [0.15, 0.2) is 0 Å². The van der Waals surface area contributed by atoms with E-state index in [1.54, 1.807) is 0 Å². The number of nitrogens with one attached hydrogen (secondary N) is 2. The van der Waals surface area contributed by atoms with Crippen molar-refractivity contribution in [3.63, 3.8) is 0 Å². The summed E-state index contributed by atoms with van der Waals surface area (Å²) in [5.41, 5.74) is 0.187. The van der Waals surface area contributed by atoms with Crippen LogP contribution < -0.4 is 10.6 Å². The Bertz CT molecular complexity index is 130. The largest absolute Gasteiger partial charge is 0.317 e. The normalized spacial score (nSPS) is 23.0. The molecule has 0 unspecified atom stereocenters. The number of aldehydes is 1. The van der Waals surface area contributed by atoms with E-state index in [-0.39, 0.29) is 5.54 Å². The molecule has 1 rings (SSSR count). The molecule has 0 spiro atoms. The smallest absolute Gasteiger partial charge is 0.133 e. The average molecular weight is 156 g/mol. The van der Waals surface area contributed by atoms with Crippen molar-refractivity contribution in [2.75, 3.05) is 19.6 Å². The van der Waals surface area contributed by atoms with E-state index in [0.29, 0.717) is 6.54 Å². The van der Waals surface area contributed by atoms with Crippen LogP contribution in [0.25, 0.3) is 0 Å². The fourth-order valence-corrected chi connectivity index (χ4v) is 1.44. The van der Waals surface area contributed by atoms with Crippen molar-refractivity contribution in [1.82, 2.24) is 10.6 Å². The van der Waals surface area contributed by atoms with Gasteiger partial charge in [0.25, 0.3) is 0 Å². The van der Waals surface area contributed by atoms with Crippen molar-refractivity contribution in [2.24, 2.45) is 0 Å². The molecule has 0 amide bonds. The van der Waals surface area contributed by atoms with Crippen molar-refractivity contribution in [2.45, 2.75) is 25.3 Å². The van der Waals surface area contributed by atoms with Crippen molar-refractivity contribution in [1.29, 1.82) is 0 Å². The number of carbonyl (C=O) groups is 1. The van der Waals surface area contributed by atoms with E-state index in [2.05, 4.69) is 17.6 Å². The Labute approximate surface area is 67.5 Å². The highest BCUT2D eigenvalue weighted by Gasteiger charge is 2.24. The number of carbonyl (C=O) groups excluding carboxylic acids is 1. The van der Waals surface area contributed by atoms with Gasteiger partial charge >= 0.3 is 0 Å². The summed E-state index contributed by atoms with van der Waals surface area (Å²) >= 11 is 0. The van der Waals surface area contributed by atoms with Crippen molar-refractivity contribution in [3.8, 4) is 0 Å². The molecule has 0 saturated carbocycles.